The Kier molecular flexibility index (Phi) is 4.34. The number of esters is 1. The number of methoxy groups -OCH3 is 1. The topological polar surface area (TPSA) is 105 Å². The summed E-state index contributed by atoms with van der Waals surface area (Å²) in [6.45, 7) is 0.0705. The number of carbonyl (C=O) groups is 1. The van der Waals surface area contributed by atoms with Crippen molar-refractivity contribution in [1.82, 2.24) is 19.5 Å². The van der Waals surface area contributed by atoms with E-state index in [0.29, 0.717) is 5.82 Å². The molecule has 1 N–H and O–H groups in total. The summed E-state index contributed by atoms with van der Waals surface area (Å²) in [7, 11) is -0.972. The van der Waals surface area contributed by atoms with Crippen LogP contribution in [0.3, 0.4) is 0 Å². The quantitative estimate of drug-likeness (QED) is 0.802. The first-order chi connectivity index (χ1) is 9.95. The van der Waals surface area contributed by atoms with Crippen molar-refractivity contribution in [2.24, 2.45) is 0 Å². The van der Waals surface area contributed by atoms with Crippen LogP contribution >= 0.6 is 0 Å². The van der Waals surface area contributed by atoms with Crippen molar-refractivity contribution in [3.05, 3.63) is 42.0 Å². The second kappa shape index (κ2) is 6.02. The lowest BCUT2D eigenvalue weighted by Crippen LogP contribution is -2.27. The Balaban J connectivity index is 2.20. The van der Waals surface area contributed by atoms with Crippen LogP contribution in [0.4, 0.5) is 0 Å². The highest BCUT2D eigenvalue weighted by Gasteiger charge is 2.22. The van der Waals surface area contributed by atoms with Crippen molar-refractivity contribution in [2.45, 2.75) is 11.4 Å². The van der Waals surface area contributed by atoms with Gasteiger partial charge in [0.15, 0.2) is 0 Å². The minimum atomic E-state index is -3.67. The van der Waals surface area contributed by atoms with E-state index in [2.05, 4.69) is 19.9 Å². The van der Waals surface area contributed by atoms with Crippen molar-refractivity contribution in [2.75, 3.05) is 14.2 Å². The molecule has 0 aliphatic heterocycles. The van der Waals surface area contributed by atoms with Crippen molar-refractivity contribution in [3.8, 4) is 0 Å². The zero-order chi connectivity index (χ0) is 15.5. The third-order valence-electron chi connectivity index (χ3n) is 2.82. The zero-order valence-corrected chi connectivity index (χ0v) is 12.3. The molecule has 0 aliphatic carbocycles. The molecule has 112 valence electrons. The van der Waals surface area contributed by atoms with E-state index in [1.165, 1.54) is 44.8 Å². The molecule has 8 nitrogen and oxygen atoms in total. The fraction of sp³-hybridized carbons (Fsp3) is 0.250. The maximum absolute atomic E-state index is 12.4. The molecule has 21 heavy (non-hydrogen) atoms. The molecule has 0 radical (unpaired) electrons. The molecule has 9 heteroatoms. The third-order valence-corrected chi connectivity index (χ3v) is 4.64. The molecule has 1 aromatic carbocycles. The lowest BCUT2D eigenvalue weighted by atomic mass is 10.2. The van der Waals surface area contributed by atoms with Gasteiger partial charge in [0.1, 0.15) is 12.2 Å². The maximum atomic E-state index is 12.4. The molecule has 2 rings (SSSR count). The summed E-state index contributed by atoms with van der Waals surface area (Å²) < 4.78 is 30.4. The summed E-state index contributed by atoms with van der Waals surface area (Å²) in [5.41, 5.74) is 0.286. The van der Waals surface area contributed by atoms with Gasteiger partial charge < -0.3 is 4.74 Å². The van der Waals surface area contributed by atoms with Crippen LogP contribution < -0.4 is 0 Å². The molecule has 0 atom stereocenters. The van der Waals surface area contributed by atoms with E-state index in [1.54, 1.807) is 0 Å². The Hall–Kier alpha value is -2.26. The molecular weight excluding hydrogens is 296 g/mol. The van der Waals surface area contributed by atoms with Gasteiger partial charge in [-0.25, -0.2) is 18.2 Å². The summed E-state index contributed by atoms with van der Waals surface area (Å²) >= 11 is 0. The molecule has 1 heterocycles. The van der Waals surface area contributed by atoms with Gasteiger partial charge in [-0.2, -0.15) is 9.40 Å². The van der Waals surface area contributed by atoms with Crippen LogP contribution in [0.1, 0.15) is 16.2 Å². The van der Waals surface area contributed by atoms with Crippen LogP contribution in [-0.4, -0.2) is 48.0 Å². The molecule has 0 unspecified atom stereocenters. The van der Waals surface area contributed by atoms with E-state index in [4.69, 9.17) is 0 Å². The monoisotopic (exact) mass is 310 g/mol. The minimum absolute atomic E-state index is 0.0705. The van der Waals surface area contributed by atoms with Gasteiger partial charge in [0, 0.05) is 7.05 Å². The fourth-order valence-corrected chi connectivity index (χ4v) is 2.80. The molecule has 1 aromatic heterocycles. The van der Waals surface area contributed by atoms with Crippen molar-refractivity contribution in [3.63, 3.8) is 0 Å². The SMILES string of the molecule is COC(=O)c1ccc(S(=O)(=O)N(C)Cc2ncn[nH]2)cc1. The largest absolute Gasteiger partial charge is 0.465 e. The second-order valence-corrected chi connectivity index (χ2v) is 6.25. The summed E-state index contributed by atoms with van der Waals surface area (Å²) in [4.78, 5) is 15.3. The number of hydrogen-bond donors (Lipinski definition) is 1. The van der Waals surface area contributed by atoms with Crippen LogP contribution in [-0.2, 0) is 21.3 Å². The van der Waals surface area contributed by atoms with Gasteiger partial charge in [0.2, 0.25) is 10.0 Å². The number of benzene rings is 1. The summed E-state index contributed by atoms with van der Waals surface area (Å²) in [6.07, 6.45) is 1.31. The fourth-order valence-electron chi connectivity index (χ4n) is 1.66. The molecule has 0 fully saturated rings. The Labute approximate surface area is 121 Å². The number of sulfonamides is 1. The number of hydrogen-bond acceptors (Lipinski definition) is 6. The van der Waals surface area contributed by atoms with Crippen molar-refractivity contribution in [1.29, 1.82) is 0 Å². The van der Waals surface area contributed by atoms with E-state index in [9.17, 15) is 13.2 Å². The summed E-state index contributed by atoms with van der Waals surface area (Å²) in [5, 5.41) is 6.26. The first kappa shape index (κ1) is 15.1. The predicted molar refractivity (Wildman–Crippen MR) is 72.8 cm³/mol. The van der Waals surface area contributed by atoms with E-state index in [-0.39, 0.29) is 17.0 Å². The number of ether oxygens (including phenoxy) is 1. The van der Waals surface area contributed by atoms with Gasteiger partial charge in [-0.1, -0.05) is 0 Å². The van der Waals surface area contributed by atoms with Gasteiger partial charge in [0.25, 0.3) is 0 Å². The van der Waals surface area contributed by atoms with Gasteiger partial charge in [-0.3, -0.25) is 5.10 Å². The smallest absolute Gasteiger partial charge is 0.337 e. The molecular formula is C12H14N4O4S. The van der Waals surface area contributed by atoms with Gasteiger partial charge in [0.05, 0.1) is 24.1 Å². The Morgan fingerprint density at radius 1 is 1.33 bits per heavy atom. The highest BCUT2D eigenvalue weighted by Crippen LogP contribution is 2.16. The molecule has 0 amide bonds. The number of aromatic amines is 1. The predicted octanol–water partition coefficient (Wildman–Crippen LogP) is 0.412. The standard InChI is InChI=1S/C12H14N4O4S/c1-16(7-11-13-8-14-15-11)21(18,19)10-5-3-9(4-6-10)12(17)20-2/h3-6,8H,7H2,1-2H3,(H,13,14,15). The van der Waals surface area contributed by atoms with Crippen LogP contribution in [0.2, 0.25) is 0 Å². The highest BCUT2D eigenvalue weighted by atomic mass is 32.2. The molecule has 0 saturated carbocycles. The number of nitrogens with one attached hydrogen (secondary N) is 1. The summed E-state index contributed by atoms with van der Waals surface area (Å²) in [6, 6.07) is 5.53. The first-order valence-corrected chi connectivity index (χ1v) is 7.38. The average Bonchev–Trinajstić information content (AvgIpc) is 2.99. The second-order valence-electron chi connectivity index (χ2n) is 4.21. The van der Waals surface area contributed by atoms with Crippen LogP contribution in [0.25, 0.3) is 0 Å². The molecule has 0 spiro atoms. The van der Waals surface area contributed by atoms with E-state index in [0.717, 1.165) is 4.31 Å². The third kappa shape index (κ3) is 3.26. The van der Waals surface area contributed by atoms with E-state index >= 15 is 0 Å². The number of nitrogens with zero attached hydrogens (tertiary/aromatic N) is 3. The molecule has 0 saturated heterocycles. The normalized spacial score (nSPS) is 11.6. The lowest BCUT2D eigenvalue weighted by Gasteiger charge is -2.15. The van der Waals surface area contributed by atoms with Gasteiger partial charge in [-0.15, -0.1) is 0 Å². The van der Waals surface area contributed by atoms with Gasteiger partial charge in [-0.05, 0) is 24.3 Å². The Morgan fingerprint density at radius 3 is 2.52 bits per heavy atom. The number of rotatable bonds is 5. The van der Waals surface area contributed by atoms with Crippen LogP contribution in [0, 0.1) is 0 Å². The van der Waals surface area contributed by atoms with Crippen molar-refractivity contribution >= 4 is 16.0 Å². The number of H-pyrrole nitrogens is 1. The summed E-state index contributed by atoms with van der Waals surface area (Å²) in [5.74, 6) is -0.0822. The Morgan fingerprint density at radius 2 is 2.00 bits per heavy atom. The average molecular weight is 310 g/mol. The minimum Gasteiger partial charge on any atom is -0.465 e. The Bertz CT molecular complexity index is 710. The van der Waals surface area contributed by atoms with Gasteiger partial charge >= 0.3 is 5.97 Å². The zero-order valence-electron chi connectivity index (χ0n) is 11.5. The van der Waals surface area contributed by atoms with E-state index in [1.807, 2.05) is 0 Å². The highest BCUT2D eigenvalue weighted by molar-refractivity contribution is 7.89. The van der Waals surface area contributed by atoms with Crippen LogP contribution in [0.5, 0.6) is 0 Å². The number of carbonyl (C=O) groups excluding carboxylic acids is 1. The number of aromatic nitrogens is 3. The molecule has 0 aliphatic rings. The van der Waals surface area contributed by atoms with Crippen LogP contribution in [0.15, 0.2) is 35.5 Å². The molecule has 0 bridgehead atoms. The van der Waals surface area contributed by atoms with E-state index < -0.39 is 16.0 Å². The van der Waals surface area contributed by atoms with Crippen molar-refractivity contribution < 1.29 is 17.9 Å². The maximum Gasteiger partial charge on any atom is 0.337 e. The first-order valence-electron chi connectivity index (χ1n) is 5.94. The molecule has 2 aromatic rings. The lowest BCUT2D eigenvalue weighted by molar-refractivity contribution is 0.0600.